The fourth-order valence-electron chi connectivity index (χ4n) is 2.14. The van der Waals surface area contributed by atoms with Gasteiger partial charge >= 0.3 is 0 Å². The Bertz CT molecular complexity index is 917. The normalized spacial score (nSPS) is 11.4. The molecule has 0 aliphatic carbocycles. The van der Waals surface area contributed by atoms with Gasteiger partial charge in [-0.2, -0.15) is 5.26 Å². The maximum absolute atomic E-state index is 11.4. The van der Waals surface area contributed by atoms with Gasteiger partial charge in [-0.05, 0) is 13.0 Å². The van der Waals surface area contributed by atoms with Crippen molar-refractivity contribution in [2.24, 2.45) is 0 Å². The van der Waals surface area contributed by atoms with E-state index in [0.717, 1.165) is 11.3 Å². The second-order valence-electron chi connectivity index (χ2n) is 4.79. The third-order valence-corrected chi connectivity index (χ3v) is 3.28. The molecule has 0 aliphatic heterocycles. The maximum atomic E-state index is 11.4. The molecule has 1 N–H and O–H groups in total. The van der Waals surface area contributed by atoms with Gasteiger partial charge in [-0.1, -0.05) is 30.3 Å². The number of fused-ring (bicyclic) bond motifs is 1. The molecule has 5 heteroatoms. The second-order valence-corrected chi connectivity index (χ2v) is 4.79. The smallest absolute Gasteiger partial charge is 0.170 e. The van der Waals surface area contributed by atoms with Crippen LogP contribution in [-0.2, 0) is 4.79 Å². The average Bonchev–Trinajstić information content (AvgIpc) is 2.95. The van der Waals surface area contributed by atoms with Crippen LogP contribution in [0.2, 0.25) is 0 Å². The SMILES string of the molecule is CC(=O)C(C#N)=Cc1c[nH]c2ncc(-c3ccccc3)nc12. The largest absolute Gasteiger partial charge is 0.344 e. The first-order valence-corrected chi connectivity index (χ1v) is 6.71. The van der Waals surface area contributed by atoms with Crippen molar-refractivity contribution in [2.45, 2.75) is 6.92 Å². The number of benzene rings is 1. The minimum atomic E-state index is -0.274. The zero-order chi connectivity index (χ0) is 15.5. The van der Waals surface area contributed by atoms with Gasteiger partial charge in [0.25, 0.3) is 0 Å². The molecule has 1 aromatic carbocycles. The number of rotatable bonds is 3. The van der Waals surface area contributed by atoms with Crippen molar-refractivity contribution in [2.75, 3.05) is 0 Å². The summed E-state index contributed by atoms with van der Waals surface area (Å²) < 4.78 is 0. The van der Waals surface area contributed by atoms with Crippen molar-refractivity contribution >= 4 is 23.0 Å². The zero-order valence-electron chi connectivity index (χ0n) is 11.9. The lowest BCUT2D eigenvalue weighted by Crippen LogP contribution is -1.93. The summed E-state index contributed by atoms with van der Waals surface area (Å²) in [4.78, 5) is 23.3. The Morgan fingerprint density at radius 1 is 1.32 bits per heavy atom. The topological polar surface area (TPSA) is 82.4 Å². The van der Waals surface area contributed by atoms with Crippen LogP contribution in [0.15, 0.2) is 48.3 Å². The average molecular weight is 288 g/mol. The van der Waals surface area contributed by atoms with Gasteiger partial charge in [-0.3, -0.25) is 4.79 Å². The number of Topliss-reactive ketones (excluding diaryl/α,β-unsaturated/α-hetero) is 1. The fourth-order valence-corrected chi connectivity index (χ4v) is 2.14. The van der Waals surface area contributed by atoms with Gasteiger partial charge in [0.15, 0.2) is 11.4 Å². The number of H-pyrrole nitrogens is 1. The lowest BCUT2D eigenvalue weighted by atomic mass is 10.1. The Kier molecular flexibility index (Phi) is 3.50. The molecule has 106 valence electrons. The van der Waals surface area contributed by atoms with E-state index < -0.39 is 0 Å². The number of nitriles is 1. The first-order chi connectivity index (χ1) is 10.7. The molecule has 0 aliphatic rings. The number of nitrogens with one attached hydrogen (secondary N) is 1. The number of nitrogens with zero attached hydrogens (tertiary/aromatic N) is 3. The molecular formula is C17H12N4O. The van der Waals surface area contributed by atoms with Crippen molar-refractivity contribution in [3.63, 3.8) is 0 Å². The summed E-state index contributed by atoms with van der Waals surface area (Å²) in [6.45, 7) is 1.37. The monoisotopic (exact) mass is 288 g/mol. The van der Waals surface area contributed by atoms with Crippen molar-refractivity contribution in [3.05, 3.63) is 53.9 Å². The fraction of sp³-hybridized carbons (Fsp3) is 0.0588. The Morgan fingerprint density at radius 2 is 2.09 bits per heavy atom. The molecular weight excluding hydrogens is 276 g/mol. The first-order valence-electron chi connectivity index (χ1n) is 6.71. The number of aromatic nitrogens is 3. The van der Waals surface area contributed by atoms with E-state index in [1.165, 1.54) is 13.0 Å². The second kappa shape index (κ2) is 5.62. The lowest BCUT2D eigenvalue weighted by Gasteiger charge is -2.00. The Morgan fingerprint density at radius 3 is 2.77 bits per heavy atom. The van der Waals surface area contributed by atoms with Gasteiger partial charge < -0.3 is 4.98 Å². The van der Waals surface area contributed by atoms with E-state index in [1.54, 1.807) is 12.4 Å². The highest BCUT2D eigenvalue weighted by molar-refractivity contribution is 6.03. The highest BCUT2D eigenvalue weighted by Gasteiger charge is 2.10. The van der Waals surface area contributed by atoms with Crippen LogP contribution in [-0.4, -0.2) is 20.7 Å². The summed E-state index contributed by atoms with van der Waals surface area (Å²) in [5.41, 5.74) is 3.71. The van der Waals surface area contributed by atoms with Crippen LogP contribution in [0.5, 0.6) is 0 Å². The van der Waals surface area contributed by atoms with E-state index in [4.69, 9.17) is 5.26 Å². The summed E-state index contributed by atoms with van der Waals surface area (Å²) in [7, 11) is 0. The molecule has 3 aromatic rings. The predicted molar refractivity (Wildman–Crippen MR) is 83.6 cm³/mol. The third-order valence-electron chi connectivity index (χ3n) is 3.28. The molecule has 2 heterocycles. The van der Waals surface area contributed by atoms with Gasteiger partial charge in [0.2, 0.25) is 0 Å². The maximum Gasteiger partial charge on any atom is 0.170 e. The molecule has 0 saturated heterocycles. The minimum absolute atomic E-state index is 0.0906. The van der Waals surface area contributed by atoms with Crippen LogP contribution in [0.4, 0.5) is 0 Å². The third kappa shape index (κ3) is 2.50. The molecule has 22 heavy (non-hydrogen) atoms. The van der Waals surface area contributed by atoms with Crippen molar-refractivity contribution < 1.29 is 4.79 Å². The molecule has 0 bridgehead atoms. The molecule has 3 rings (SSSR count). The Hall–Kier alpha value is -3.26. The number of carbonyl (C=O) groups excluding carboxylic acids is 1. The van der Waals surface area contributed by atoms with Gasteiger partial charge in [-0.25, -0.2) is 9.97 Å². The number of aromatic amines is 1. The van der Waals surface area contributed by atoms with Gasteiger partial charge in [0, 0.05) is 17.3 Å². The number of carbonyl (C=O) groups is 1. The molecule has 0 atom stereocenters. The standard InChI is InChI=1S/C17H12N4O/c1-11(22)13(8-18)7-14-9-19-17-16(14)21-15(10-20-17)12-5-3-2-4-6-12/h2-7,9-10H,1H3,(H,19,20). The number of hydrogen-bond donors (Lipinski definition) is 1. The molecule has 0 radical (unpaired) electrons. The zero-order valence-corrected chi connectivity index (χ0v) is 11.9. The van der Waals surface area contributed by atoms with E-state index >= 15 is 0 Å². The van der Waals surface area contributed by atoms with Crippen LogP contribution in [0.25, 0.3) is 28.5 Å². The number of ketones is 1. The number of hydrogen-bond acceptors (Lipinski definition) is 4. The summed E-state index contributed by atoms with van der Waals surface area (Å²) in [6, 6.07) is 11.6. The van der Waals surface area contributed by atoms with Crippen LogP contribution < -0.4 is 0 Å². The molecule has 0 fully saturated rings. The molecule has 2 aromatic heterocycles. The Balaban J connectivity index is 2.14. The molecule has 0 spiro atoms. The van der Waals surface area contributed by atoms with Crippen LogP contribution in [0.3, 0.4) is 0 Å². The van der Waals surface area contributed by atoms with Crippen molar-refractivity contribution in [1.82, 2.24) is 15.0 Å². The summed E-state index contributed by atoms with van der Waals surface area (Å²) >= 11 is 0. The van der Waals surface area contributed by atoms with E-state index in [-0.39, 0.29) is 11.4 Å². The van der Waals surface area contributed by atoms with E-state index in [2.05, 4.69) is 15.0 Å². The Labute approximate surface area is 127 Å². The predicted octanol–water partition coefficient (Wildman–Crippen LogP) is 3.12. The summed E-state index contributed by atoms with van der Waals surface area (Å²) in [6.07, 6.45) is 4.92. The van der Waals surface area contributed by atoms with Crippen LogP contribution in [0.1, 0.15) is 12.5 Å². The summed E-state index contributed by atoms with van der Waals surface area (Å²) in [5.74, 6) is -0.274. The highest BCUT2D eigenvalue weighted by atomic mass is 16.1. The van der Waals surface area contributed by atoms with Crippen molar-refractivity contribution in [3.8, 4) is 17.3 Å². The lowest BCUT2D eigenvalue weighted by molar-refractivity contribution is -0.113. The van der Waals surface area contributed by atoms with Crippen LogP contribution in [0, 0.1) is 11.3 Å². The molecule has 5 nitrogen and oxygen atoms in total. The summed E-state index contributed by atoms with van der Waals surface area (Å²) in [5, 5.41) is 9.01. The quantitative estimate of drug-likeness (QED) is 0.593. The minimum Gasteiger partial charge on any atom is -0.344 e. The number of allylic oxidation sites excluding steroid dienone is 1. The van der Waals surface area contributed by atoms with Crippen LogP contribution >= 0.6 is 0 Å². The van der Waals surface area contributed by atoms with Gasteiger partial charge in [-0.15, -0.1) is 0 Å². The van der Waals surface area contributed by atoms with Gasteiger partial charge in [0.05, 0.1) is 17.5 Å². The van der Waals surface area contributed by atoms with Crippen molar-refractivity contribution in [1.29, 1.82) is 5.26 Å². The molecule has 0 amide bonds. The molecule has 0 unspecified atom stereocenters. The highest BCUT2D eigenvalue weighted by Crippen LogP contribution is 2.22. The van der Waals surface area contributed by atoms with Gasteiger partial charge in [0.1, 0.15) is 11.6 Å². The molecule has 0 saturated carbocycles. The van der Waals surface area contributed by atoms with E-state index in [0.29, 0.717) is 16.7 Å². The van der Waals surface area contributed by atoms with E-state index in [1.807, 2.05) is 36.4 Å². The first kappa shape index (κ1) is 13.7. The van der Waals surface area contributed by atoms with E-state index in [9.17, 15) is 4.79 Å².